The Balaban J connectivity index is 2.41. The Morgan fingerprint density at radius 2 is 1.48 bits per heavy atom. The molecule has 0 saturated heterocycles. The Kier molecular flexibility index (Phi) is 5.04. The van der Waals surface area contributed by atoms with Crippen LogP contribution in [-0.4, -0.2) is 21.4 Å². The van der Waals surface area contributed by atoms with Gasteiger partial charge in [0.2, 0.25) is 0 Å². The van der Waals surface area contributed by atoms with E-state index < -0.39 is 25.1 Å². The van der Waals surface area contributed by atoms with E-state index in [0.29, 0.717) is 0 Å². The first-order valence-corrected chi connectivity index (χ1v) is 10.2. The van der Waals surface area contributed by atoms with Crippen molar-refractivity contribution < 1.29 is 25.6 Å². The fourth-order valence-corrected chi connectivity index (χ4v) is 4.57. The summed E-state index contributed by atoms with van der Waals surface area (Å²) in [5.41, 5.74) is 1.55. The molecule has 0 fully saturated rings. The van der Waals surface area contributed by atoms with Crippen LogP contribution >= 0.6 is 22.6 Å². The van der Waals surface area contributed by atoms with Gasteiger partial charge in [0.25, 0.3) is 0 Å². The zero-order valence-corrected chi connectivity index (χ0v) is 15.9. The first-order valence-electron chi connectivity index (χ1n) is 6.27. The summed E-state index contributed by atoms with van der Waals surface area (Å²) in [7, 11) is -8.67. The van der Waals surface area contributed by atoms with Gasteiger partial charge >= 0.3 is 10.1 Å². The Morgan fingerprint density at radius 3 is 1.96 bits per heavy atom. The Labute approximate surface area is 148 Å². The minimum absolute atomic E-state index is 0.00585. The van der Waals surface area contributed by atoms with Crippen molar-refractivity contribution in [3.8, 4) is 5.75 Å². The normalized spacial score (nSPS) is 12.2. The SMILES string of the molecule is Cc1cc(C)cc(S(=O)(=O)Oc2ccc(S(=O)(=O)[O-])cc2I)c1. The summed E-state index contributed by atoms with van der Waals surface area (Å²) in [6, 6.07) is 8.01. The van der Waals surface area contributed by atoms with Crippen LogP contribution < -0.4 is 4.18 Å². The van der Waals surface area contributed by atoms with Crippen molar-refractivity contribution in [3.05, 3.63) is 51.1 Å². The van der Waals surface area contributed by atoms with Gasteiger partial charge in [-0.3, -0.25) is 0 Å². The van der Waals surface area contributed by atoms with Crippen LogP contribution in [0.25, 0.3) is 0 Å². The second-order valence-corrected chi connectivity index (χ2v) is 9.00. The lowest BCUT2D eigenvalue weighted by Gasteiger charge is -2.12. The molecule has 0 radical (unpaired) electrons. The molecule has 9 heteroatoms. The minimum Gasteiger partial charge on any atom is -0.744 e. The van der Waals surface area contributed by atoms with Crippen LogP contribution in [0.5, 0.6) is 5.75 Å². The van der Waals surface area contributed by atoms with Gasteiger partial charge in [-0.05, 0) is 77.9 Å². The maximum atomic E-state index is 12.3. The van der Waals surface area contributed by atoms with Crippen LogP contribution in [0.1, 0.15) is 11.1 Å². The predicted molar refractivity (Wildman–Crippen MR) is 90.9 cm³/mol. The summed E-state index contributed by atoms with van der Waals surface area (Å²) in [4.78, 5) is -0.440. The zero-order valence-electron chi connectivity index (χ0n) is 12.1. The highest BCUT2D eigenvalue weighted by molar-refractivity contribution is 14.1. The molecular formula is C14H12IO6S2-. The number of benzene rings is 2. The van der Waals surface area contributed by atoms with E-state index in [4.69, 9.17) is 4.18 Å². The monoisotopic (exact) mass is 467 g/mol. The molecule has 2 rings (SSSR count). The van der Waals surface area contributed by atoms with Gasteiger partial charge in [0, 0.05) is 0 Å². The van der Waals surface area contributed by atoms with Crippen LogP contribution in [0.4, 0.5) is 0 Å². The van der Waals surface area contributed by atoms with E-state index >= 15 is 0 Å². The summed E-state index contributed by atoms with van der Waals surface area (Å²) in [5, 5.41) is 0. The van der Waals surface area contributed by atoms with Gasteiger partial charge < -0.3 is 8.74 Å². The van der Waals surface area contributed by atoms with Crippen molar-refractivity contribution in [2.24, 2.45) is 0 Å². The Bertz CT molecular complexity index is 945. The first-order chi connectivity index (χ1) is 10.5. The number of halogens is 1. The number of rotatable bonds is 4. The molecule has 0 aliphatic heterocycles. The van der Waals surface area contributed by atoms with Gasteiger partial charge in [0.1, 0.15) is 15.0 Å². The summed E-state index contributed by atoms with van der Waals surface area (Å²) in [6.45, 7) is 3.54. The van der Waals surface area contributed by atoms with Gasteiger partial charge in [-0.15, -0.1) is 0 Å². The van der Waals surface area contributed by atoms with E-state index in [-0.39, 0.29) is 14.2 Å². The molecule has 23 heavy (non-hydrogen) atoms. The molecule has 0 spiro atoms. The maximum Gasteiger partial charge on any atom is 0.339 e. The summed E-state index contributed by atoms with van der Waals surface area (Å²) >= 11 is 1.71. The molecule has 0 unspecified atom stereocenters. The van der Waals surface area contributed by atoms with Crippen molar-refractivity contribution in [2.75, 3.05) is 0 Å². The largest absolute Gasteiger partial charge is 0.744 e. The molecule has 0 N–H and O–H groups in total. The molecular weight excluding hydrogens is 455 g/mol. The van der Waals surface area contributed by atoms with Crippen LogP contribution in [0.15, 0.2) is 46.2 Å². The smallest absolute Gasteiger partial charge is 0.339 e. The van der Waals surface area contributed by atoms with E-state index in [9.17, 15) is 21.4 Å². The van der Waals surface area contributed by atoms with E-state index in [0.717, 1.165) is 29.3 Å². The molecule has 124 valence electrons. The van der Waals surface area contributed by atoms with Gasteiger partial charge in [0.15, 0.2) is 5.75 Å². The molecule has 0 bridgehead atoms. The molecule has 0 atom stereocenters. The van der Waals surface area contributed by atoms with E-state index in [1.54, 1.807) is 36.4 Å². The van der Waals surface area contributed by atoms with Crippen LogP contribution in [0.2, 0.25) is 0 Å². The molecule has 2 aromatic rings. The van der Waals surface area contributed by atoms with Crippen LogP contribution in [0.3, 0.4) is 0 Å². The summed E-state index contributed by atoms with van der Waals surface area (Å²) < 4.78 is 62.8. The lowest BCUT2D eigenvalue weighted by Crippen LogP contribution is -2.11. The first kappa shape index (κ1) is 18.2. The molecule has 0 heterocycles. The lowest BCUT2D eigenvalue weighted by molar-refractivity contribution is 0.462. The average Bonchev–Trinajstić information content (AvgIpc) is 2.38. The standard InChI is InChI=1S/C14H13IO6S2/c1-9-5-10(2)7-12(6-9)23(19,20)21-14-4-3-11(8-13(14)15)22(16,17)18/h3-8H,1-2H3,(H,16,17,18)/p-1. The van der Waals surface area contributed by atoms with Crippen molar-refractivity contribution in [2.45, 2.75) is 23.6 Å². The number of hydrogen-bond acceptors (Lipinski definition) is 6. The van der Waals surface area contributed by atoms with E-state index in [1.807, 2.05) is 6.07 Å². The molecule has 0 saturated carbocycles. The fraction of sp³-hybridized carbons (Fsp3) is 0.143. The highest BCUT2D eigenvalue weighted by Crippen LogP contribution is 2.27. The second kappa shape index (κ2) is 6.38. The van der Waals surface area contributed by atoms with Crippen molar-refractivity contribution in [3.63, 3.8) is 0 Å². The van der Waals surface area contributed by atoms with Crippen molar-refractivity contribution in [1.82, 2.24) is 0 Å². The highest BCUT2D eigenvalue weighted by Gasteiger charge is 2.19. The molecule has 0 aliphatic rings. The lowest BCUT2D eigenvalue weighted by atomic mass is 10.2. The van der Waals surface area contributed by atoms with Crippen LogP contribution in [-0.2, 0) is 20.2 Å². The third-order valence-corrected chi connectivity index (χ3v) is 5.76. The third-order valence-electron chi connectivity index (χ3n) is 2.88. The molecule has 0 amide bonds. The van der Waals surface area contributed by atoms with E-state index in [2.05, 4.69) is 0 Å². The molecule has 2 aromatic carbocycles. The third kappa shape index (κ3) is 4.43. The van der Waals surface area contributed by atoms with Gasteiger partial charge in [-0.25, -0.2) is 8.42 Å². The molecule has 6 nitrogen and oxygen atoms in total. The fourth-order valence-electron chi connectivity index (χ4n) is 1.95. The maximum absolute atomic E-state index is 12.3. The van der Waals surface area contributed by atoms with E-state index in [1.165, 1.54) is 12.1 Å². The molecule has 0 aliphatic carbocycles. The van der Waals surface area contributed by atoms with Crippen molar-refractivity contribution in [1.29, 1.82) is 0 Å². The van der Waals surface area contributed by atoms with Gasteiger partial charge in [0.05, 0.1) is 8.47 Å². The van der Waals surface area contributed by atoms with Crippen molar-refractivity contribution >= 4 is 42.8 Å². The predicted octanol–water partition coefficient (Wildman–Crippen LogP) is 2.58. The quantitative estimate of drug-likeness (QED) is 0.389. The van der Waals surface area contributed by atoms with Gasteiger partial charge in [-0.1, -0.05) is 6.07 Å². The topological polar surface area (TPSA) is 101 Å². The highest BCUT2D eigenvalue weighted by atomic mass is 127. The number of hydrogen-bond donors (Lipinski definition) is 0. The second-order valence-electron chi connectivity index (χ2n) is 4.91. The average molecular weight is 467 g/mol. The Hall–Kier alpha value is -1.17. The number of aryl methyl sites for hydroxylation is 2. The van der Waals surface area contributed by atoms with Crippen LogP contribution in [0, 0.1) is 17.4 Å². The zero-order chi connectivity index (χ0) is 17.4. The summed E-state index contributed by atoms with van der Waals surface area (Å²) in [5.74, 6) is -0.0443. The molecule has 0 aromatic heterocycles. The minimum atomic E-state index is -4.61. The summed E-state index contributed by atoms with van der Waals surface area (Å²) in [6.07, 6.45) is 0. The van der Waals surface area contributed by atoms with Gasteiger partial charge in [-0.2, -0.15) is 8.42 Å². The Morgan fingerprint density at radius 1 is 0.913 bits per heavy atom.